The number of carboxylic acids is 3. The summed E-state index contributed by atoms with van der Waals surface area (Å²) in [5, 5.41) is 28.7. The molecule has 0 heterocycles. The lowest BCUT2D eigenvalue weighted by atomic mass is 10.0. The molecule has 0 aromatic heterocycles. The molecule has 0 aromatic rings. The Balaban J connectivity index is 4.87. The number of carbonyl (C=O) groups is 4. The molecule has 0 radical (unpaired) electrons. The molecule has 0 bridgehead atoms. The number of aliphatic carboxylic acids is 3. The van der Waals surface area contributed by atoms with Crippen LogP contribution in [-0.4, -0.2) is 57.3 Å². The van der Waals surface area contributed by atoms with Gasteiger partial charge in [-0.25, -0.2) is 0 Å². The molecule has 0 aliphatic heterocycles. The van der Waals surface area contributed by atoms with Crippen LogP contribution in [0.3, 0.4) is 0 Å². The lowest BCUT2D eigenvalue weighted by molar-refractivity contribution is -0.144. The highest BCUT2D eigenvalue weighted by molar-refractivity contribution is 5.79. The summed E-state index contributed by atoms with van der Waals surface area (Å²) in [6.45, 7) is 0. The van der Waals surface area contributed by atoms with Crippen LogP contribution in [-0.2, 0) is 19.2 Å². The van der Waals surface area contributed by atoms with Crippen molar-refractivity contribution in [3.63, 3.8) is 0 Å². The molecule has 10 heteroatoms. The second-order valence-corrected chi connectivity index (χ2v) is 4.13. The molecule has 3 atom stereocenters. The molecule has 8 N–H and O–H groups in total. The van der Waals surface area contributed by atoms with Crippen LogP contribution in [0, 0.1) is 0 Å². The molecule has 1 unspecified atom stereocenters. The van der Waals surface area contributed by atoms with Crippen molar-refractivity contribution in [3.8, 4) is 0 Å². The van der Waals surface area contributed by atoms with E-state index in [0.717, 1.165) is 0 Å². The van der Waals surface area contributed by atoms with Crippen LogP contribution in [0.4, 0.5) is 0 Å². The summed E-state index contributed by atoms with van der Waals surface area (Å²) in [7, 11) is 0. The normalized spacial score (nSPS) is 15.1. The van der Waals surface area contributed by atoms with Crippen LogP contribution in [0.1, 0.15) is 19.3 Å². The van der Waals surface area contributed by atoms with Gasteiger partial charge in [0, 0.05) is 12.5 Å². The molecule has 0 aromatic carbocycles. The lowest BCUT2D eigenvalue weighted by Crippen LogP contribution is -2.55. The molecule has 0 saturated heterocycles. The average Bonchev–Trinajstić information content (AvgIpc) is 2.30. The monoisotopic (exact) mass is 291 g/mol. The van der Waals surface area contributed by atoms with Crippen LogP contribution in [0.25, 0.3) is 0 Å². The molecule has 0 rings (SSSR count). The number of amides is 1. The van der Waals surface area contributed by atoms with Gasteiger partial charge >= 0.3 is 17.9 Å². The van der Waals surface area contributed by atoms with E-state index in [1.807, 2.05) is 0 Å². The van der Waals surface area contributed by atoms with Gasteiger partial charge in [0.2, 0.25) is 5.91 Å². The maximum absolute atomic E-state index is 11.0. The number of carbonyl (C=O) groups excluding carboxylic acids is 1. The van der Waals surface area contributed by atoms with E-state index in [9.17, 15) is 19.2 Å². The van der Waals surface area contributed by atoms with Crippen molar-refractivity contribution in [3.05, 3.63) is 0 Å². The number of primary amides is 1. The standard InChI is InChI=1S/C10H17N3O7/c11-6(14)2-1-4(9(17)18)13-5(3-7(15)16)8(12)10(19)20/h4-5,8,13H,1-3,12H2,(H2,11,14)(H,15,16)(H,17,18)(H,19,20)/t4-,5?,8-/m0/s1. The highest BCUT2D eigenvalue weighted by Crippen LogP contribution is 2.05. The molecule has 1 amide bonds. The predicted molar refractivity (Wildman–Crippen MR) is 64.6 cm³/mol. The summed E-state index contributed by atoms with van der Waals surface area (Å²) in [5.41, 5.74) is 10.2. The van der Waals surface area contributed by atoms with Gasteiger partial charge in [0.15, 0.2) is 0 Å². The maximum Gasteiger partial charge on any atom is 0.322 e. The Morgan fingerprint density at radius 3 is 1.95 bits per heavy atom. The first-order valence-electron chi connectivity index (χ1n) is 5.62. The molecule has 0 aliphatic rings. The first-order chi connectivity index (χ1) is 9.15. The largest absolute Gasteiger partial charge is 0.481 e. The minimum absolute atomic E-state index is 0.201. The fourth-order valence-electron chi connectivity index (χ4n) is 1.47. The van der Waals surface area contributed by atoms with Gasteiger partial charge in [-0.05, 0) is 6.42 Å². The first kappa shape index (κ1) is 17.8. The Labute approximate surface area is 113 Å². The molecule has 0 fully saturated rings. The van der Waals surface area contributed by atoms with Gasteiger partial charge < -0.3 is 26.8 Å². The van der Waals surface area contributed by atoms with Crippen LogP contribution >= 0.6 is 0 Å². The second kappa shape index (κ2) is 8.07. The fourth-order valence-corrected chi connectivity index (χ4v) is 1.47. The van der Waals surface area contributed by atoms with Crippen molar-refractivity contribution in [2.75, 3.05) is 0 Å². The van der Waals surface area contributed by atoms with E-state index in [-0.39, 0.29) is 12.8 Å². The smallest absolute Gasteiger partial charge is 0.322 e. The molecule has 0 spiro atoms. The van der Waals surface area contributed by atoms with E-state index in [1.165, 1.54) is 0 Å². The second-order valence-electron chi connectivity index (χ2n) is 4.13. The summed E-state index contributed by atoms with van der Waals surface area (Å²) >= 11 is 0. The van der Waals surface area contributed by atoms with E-state index >= 15 is 0 Å². The third kappa shape index (κ3) is 6.66. The van der Waals surface area contributed by atoms with Gasteiger partial charge in [-0.1, -0.05) is 0 Å². The van der Waals surface area contributed by atoms with E-state index in [2.05, 4.69) is 5.32 Å². The van der Waals surface area contributed by atoms with Crippen molar-refractivity contribution in [2.45, 2.75) is 37.4 Å². The number of carboxylic acid groups (broad SMARTS) is 3. The Morgan fingerprint density at radius 1 is 1.05 bits per heavy atom. The number of hydrogen-bond donors (Lipinski definition) is 6. The summed E-state index contributed by atoms with van der Waals surface area (Å²) in [6.07, 6.45) is -1.12. The number of nitrogens with one attached hydrogen (secondary N) is 1. The molecular weight excluding hydrogens is 274 g/mol. The zero-order chi connectivity index (χ0) is 15.9. The zero-order valence-corrected chi connectivity index (χ0v) is 10.5. The molecule has 0 aliphatic carbocycles. The van der Waals surface area contributed by atoms with Gasteiger partial charge in [0.25, 0.3) is 0 Å². The van der Waals surface area contributed by atoms with Crippen LogP contribution < -0.4 is 16.8 Å². The minimum atomic E-state index is -1.60. The Bertz CT molecular complexity index is 398. The Morgan fingerprint density at radius 2 is 1.60 bits per heavy atom. The third-order valence-electron chi connectivity index (χ3n) is 2.51. The topological polar surface area (TPSA) is 193 Å². The molecule has 20 heavy (non-hydrogen) atoms. The van der Waals surface area contributed by atoms with Crippen molar-refractivity contribution in [1.82, 2.24) is 5.32 Å². The number of nitrogens with two attached hydrogens (primary N) is 2. The van der Waals surface area contributed by atoms with Crippen molar-refractivity contribution in [2.24, 2.45) is 11.5 Å². The van der Waals surface area contributed by atoms with Gasteiger partial charge in [-0.2, -0.15) is 0 Å². The van der Waals surface area contributed by atoms with Crippen molar-refractivity contribution < 1.29 is 34.5 Å². The zero-order valence-electron chi connectivity index (χ0n) is 10.5. The van der Waals surface area contributed by atoms with E-state index in [1.54, 1.807) is 0 Å². The lowest BCUT2D eigenvalue weighted by Gasteiger charge is -2.24. The predicted octanol–water partition coefficient (Wildman–Crippen LogP) is -2.45. The Hall–Kier alpha value is -2.20. The third-order valence-corrected chi connectivity index (χ3v) is 2.51. The molecule has 114 valence electrons. The van der Waals surface area contributed by atoms with Crippen molar-refractivity contribution in [1.29, 1.82) is 0 Å². The first-order valence-corrected chi connectivity index (χ1v) is 5.62. The van der Waals surface area contributed by atoms with Crippen molar-refractivity contribution >= 4 is 23.8 Å². The summed E-state index contributed by atoms with van der Waals surface area (Å²) in [4.78, 5) is 43.0. The summed E-state index contributed by atoms with van der Waals surface area (Å²) in [5.74, 6) is -4.89. The maximum atomic E-state index is 11.0. The van der Waals surface area contributed by atoms with E-state index in [0.29, 0.717) is 0 Å². The van der Waals surface area contributed by atoms with Crippen LogP contribution in [0.15, 0.2) is 0 Å². The SMILES string of the molecule is NC(=O)CC[C@H](NC(CC(=O)O)[C@H](N)C(=O)O)C(=O)O. The quantitative estimate of drug-likeness (QED) is 0.253. The highest BCUT2D eigenvalue weighted by atomic mass is 16.4. The van der Waals surface area contributed by atoms with E-state index < -0.39 is 48.4 Å². The van der Waals surface area contributed by atoms with Gasteiger partial charge in [0.1, 0.15) is 12.1 Å². The van der Waals surface area contributed by atoms with Crippen LogP contribution in [0.2, 0.25) is 0 Å². The molecule has 0 saturated carbocycles. The summed E-state index contributed by atoms with van der Waals surface area (Å²) in [6, 6.07) is -4.21. The summed E-state index contributed by atoms with van der Waals surface area (Å²) < 4.78 is 0. The Kier molecular flexibility index (Phi) is 7.18. The van der Waals surface area contributed by atoms with E-state index in [4.69, 9.17) is 26.8 Å². The van der Waals surface area contributed by atoms with Crippen LogP contribution in [0.5, 0.6) is 0 Å². The number of rotatable bonds is 10. The highest BCUT2D eigenvalue weighted by Gasteiger charge is 2.31. The van der Waals surface area contributed by atoms with Gasteiger partial charge in [-0.3, -0.25) is 24.5 Å². The average molecular weight is 291 g/mol. The molecular formula is C10H17N3O7. The number of hydrogen-bond acceptors (Lipinski definition) is 6. The van der Waals surface area contributed by atoms with Gasteiger partial charge in [0.05, 0.1) is 6.42 Å². The van der Waals surface area contributed by atoms with Gasteiger partial charge in [-0.15, -0.1) is 0 Å². The minimum Gasteiger partial charge on any atom is -0.481 e. The molecule has 10 nitrogen and oxygen atoms in total. The fraction of sp³-hybridized carbons (Fsp3) is 0.600.